The van der Waals surface area contributed by atoms with Gasteiger partial charge in [-0.3, -0.25) is 4.68 Å². The van der Waals surface area contributed by atoms with Crippen LogP contribution < -0.4 is 0 Å². The molecule has 1 aromatic heterocycles. The fourth-order valence-electron chi connectivity index (χ4n) is 3.39. The molecule has 2 unspecified atom stereocenters. The van der Waals surface area contributed by atoms with Crippen LogP contribution in [-0.4, -0.2) is 38.9 Å². The Kier molecular flexibility index (Phi) is 2.69. The first-order valence-electron chi connectivity index (χ1n) is 6.24. The van der Waals surface area contributed by atoms with Crippen LogP contribution in [0.5, 0.6) is 0 Å². The second-order valence-corrected chi connectivity index (χ2v) is 5.69. The summed E-state index contributed by atoms with van der Waals surface area (Å²) in [6.45, 7) is 2.14. The lowest BCUT2D eigenvalue weighted by molar-refractivity contribution is -0.0465. The maximum absolute atomic E-state index is 10.9. The molecule has 17 heavy (non-hydrogen) atoms. The third-order valence-electron chi connectivity index (χ3n) is 4.22. The van der Waals surface area contributed by atoms with Crippen molar-refractivity contribution in [3.8, 4) is 0 Å². The summed E-state index contributed by atoms with van der Waals surface area (Å²) < 4.78 is 1.72. The number of piperidine rings is 1. The number of fused-ring (bicyclic) bond motifs is 1. The largest absolute Gasteiger partial charge is 0.383 e. The van der Waals surface area contributed by atoms with Crippen molar-refractivity contribution >= 4 is 11.6 Å². The van der Waals surface area contributed by atoms with Crippen molar-refractivity contribution in [2.45, 2.75) is 37.3 Å². The molecule has 2 aliphatic heterocycles. The Morgan fingerprint density at radius 1 is 1.53 bits per heavy atom. The fourth-order valence-corrected chi connectivity index (χ4v) is 3.73. The van der Waals surface area contributed by atoms with Crippen molar-refractivity contribution in [2.24, 2.45) is 7.05 Å². The Morgan fingerprint density at radius 2 is 2.35 bits per heavy atom. The van der Waals surface area contributed by atoms with Crippen LogP contribution in [0.1, 0.15) is 31.4 Å². The molecule has 94 valence electrons. The molecule has 0 bridgehead atoms. The van der Waals surface area contributed by atoms with E-state index in [4.69, 9.17) is 11.6 Å². The molecule has 4 nitrogen and oxygen atoms in total. The molecule has 0 amide bonds. The predicted octanol–water partition coefficient (Wildman–Crippen LogP) is 1.52. The minimum Gasteiger partial charge on any atom is -0.383 e. The van der Waals surface area contributed by atoms with Gasteiger partial charge in [-0.2, -0.15) is 5.10 Å². The van der Waals surface area contributed by atoms with Gasteiger partial charge in [0.05, 0.1) is 16.9 Å². The number of nitrogens with zero attached hydrogens (tertiary/aromatic N) is 3. The Morgan fingerprint density at radius 3 is 3.06 bits per heavy atom. The van der Waals surface area contributed by atoms with Crippen LogP contribution in [0.2, 0.25) is 5.02 Å². The molecule has 2 atom stereocenters. The number of halogens is 1. The van der Waals surface area contributed by atoms with E-state index in [0.717, 1.165) is 25.1 Å². The lowest BCUT2D eigenvalue weighted by atomic mass is 9.84. The molecule has 5 heteroatoms. The predicted molar refractivity (Wildman–Crippen MR) is 65.9 cm³/mol. The van der Waals surface area contributed by atoms with E-state index in [0.29, 0.717) is 11.1 Å². The van der Waals surface area contributed by atoms with Gasteiger partial charge in [0.2, 0.25) is 0 Å². The monoisotopic (exact) mass is 255 g/mol. The molecule has 3 heterocycles. The van der Waals surface area contributed by atoms with E-state index in [-0.39, 0.29) is 0 Å². The lowest BCUT2D eigenvalue weighted by Crippen LogP contribution is -2.46. The van der Waals surface area contributed by atoms with Gasteiger partial charge in [0.1, 0.15) is 5.60 Å². The third kappa shape index (κ3) is 1.79. The zero-order valence-electron chi connectivity index (χ0n) is 10.1. The van der Waals surface area contributed by atoms with Crippen LogP contribution in [0.3, 0.4) is 0 Å². The summed E-state index contributed by atoms with van der Waals surface area (Å²) in [7, 11) is 1.85. The Balaban J connectivity index is 1.91. The second kappa shape index (κ2) is 3.97. The minimum atomic E-state index is -0.798. The summed E-state index contributed by atoms with van der Waals surface area (Å²) in [6.07, 6.45) is 5.60. The Hall–Kier alpha value is -0.580. The van der Waals surface area contributed by atoms with Gasteiger partial charge >= 0.3 is 0 Å². The molecule has 0 radical (unpaired) electrons. The number of hydrogen-bond donors (Lipinski definition) is 1. The summed E-state index contributed by atoms with van der Waals surface area (Å²) in [5.41, 5.74) is -0.0147. The maximum Gasteiger partial charge on any atom is 0.110 e. The molecule has 2 aliphatic rings. The van der Waals surface area contributed by atoms with Crippen molar-refractivity contribution in [1.29, 1.82) is 0 Å². The maximum atomic E-state index is 10.9. The van der Waals surface area contributed by atoms with Crippen molar-refractivity contribution < 1.29 is 5.11 Å². The molecular weight excluding hydrogens is 238 g/mol. The standard InChI is InChI=1S/C12H18ClN3O/c1-15-11(10(13)8-14-15)12(17)4-6-16-5-2-3-9(16)7-12/h8-9,17H,2-7H2,1H3. The van der Waals surface area contributed by atoms with E-state index in [2.05, 4.69) is 10.00 Å². The zero-order valence-corrected chi connectivity index (χ0v) is 10.8. The van der Waals surface area contributed by atoms with Crippen molar-refractivity contribution in [3.63, 3.8) is 0 Å². The van der Waals surface area contributed by atoms with Crippen molar-refractivity contribution in [3.05, 3.63) is 16.9 Å². The van der Waals surface area contributed by atoms with Gasteiger partial charge in [0, 0.05) is 19.6 Å². The van der Waals surface area contributed by atoms with Gasteiger partial charge in [0.15, 0.2) is 0 Å². The average Bonchev–Trinajstić information content (AvgIpc) is 2.85. The summed E-state index contributed by atoms with van der Waals surface area (Å²) in [5.74, 6) is 0. The summed E-state index contributed by atoms with van der Waals surface area (Å²) in [5, 5.41) is 15.6. The van der Waals surface area contributed by atoms with Gasteiger partial charge in [0.25, 0.3) is 0 Å². The van der Waals surface area contributed by atoms with Crippen LogP contribution in [-0.2, 0) is 12.6 Å². The number of aryl methyl sites for hydroxylation is 1. The van der Waals surface area contributed by atoms with E-state index >= 15 is 0 Å². The van der Waals surface area contributed by atoms with E-state index in [1.807, 2.05) is 7.05 Å². The van der Waals surface area contributed by atoms with Crippen LogP contribution in [0, 0.1) is 0 Å². The lowest BCUT2D eigenvalue weighted by Gasteiger charge is -2.40. The quantitative estimate of drug-likeness (QED) is 0.827. The van der Waals surface area contributed by atoms with Gasteiger partial charge < -0.3 is 10.0 Å². The first-order chi connectivity index (χ1) is 8.10. The van der Waals surface area contributed by atoms with Crippen LogP contribution in [0.4, 0.5) is 0 Å². The average molecular weight is 256 g/mol. The molecule has 2 fully saturated rings. The first kappa shape index (κ1) is 11.5. The zero-order chi connectivity index (χ0) is 12.0. The summed E-state index contributed by atoms with van der Waals surface area (Å²) >= 11 is 6.15. The van der Waals surface area contributed by atoms with Crippen LogP contribution >= 0.6 is 11.6 Å². The number of rotatable bonds is 1. The molecule has 3 rings (SSSR count). The van der Waals surface area contributed by atoms with E-state index in [9.17, 15) is 5.11 Å². The SMILES string of the molecule is Cn1ncc(Cl)c1C1(O)CCN2CCCC2C1. The number of aromatic nitrogens is 2. The number of aliphatic hydroxyl groups is 1. The smallest absolute Gasteiger partial charge is 0.110 e. The summed E-state index contributed by atoms with van der Waals surface area (Å²) in [6, 6.07) is 0.514. The fraction of sp³-hybridized carbons (Fsp3) is 0.750. The second-order valence-electron chi connectivity index (χ2n) is 5.28. The van der Waals surface area contributed by atoms with E-state index < -0.39 is 5.60 Å². The molecule has 0 aromatic carbocycles. The molecule has 1 N–H and O–H groups in total. The molecule has 1 aromatic rings. The Bertz CT molecular complexity index is 414. The topological polar surface area (TPSA) is 41.3 Å². The normalized spacial score (nSPS) is 33.9. The van der Waals surface area contributed by atoms with Gasteiger partial charge in [-0.05, 0) is 32.2 Å². The number of hydrogen-bond acceptors (Lipinski definition) is 3. The highest BCUT2D eigenvalue weighted by atomic mass is 35.5. The van der Waals surface area contributed by atoms with E-state index in [1.54, 1.807) is 10.9 Å². The van der Waals surface area contributed by atoms with Crippen molar-refractivity contribution in [2.75, 3.05) is 13.1 Å². The molecular formula is C12H18ClN3O. The highest BCUT2D eigenvalue weighted by molar-refractivity contribution is 6.31. The van der Waals surface area contributed by atoms with Crippen LogP contribution in [0.25, 0.3) is 0 Å². The molecule has 0 aliphatic carbocycles. The first-order valence-corrected chi connectivity index (χ1v) is 6.62. The molecule has 0 saturated carbocycles. The van der Waals surface area contributed by atoms with Crippen molar-refractivity contribution in [1.82, 2.24) is 14.7 Å². The third-order valence-corrected chi connectivity index (χ3v) is 4.50. The summed E-state index contributed by atoms with van der Waals surface area (Å²) in [4.78, 5) is 2.48. The highest BCUT2D eigenvalue weighted by Crippen LogP contribution is 2.41. The van der Waals surface area contributed by atoms with Gasteiger partial charge in [-0.15, -0.1) is 0 Å². The Labute approximate surface area is 106 Å². The minimum absolute atomic E-state index is 0.514. The van der Waals surface area contributed by atoms with E-state index in [1.165, 1.54) is 19.4 Å². The van der Waals surface area contributed by atoms with Gasteiger partial charge in [-0.1, -0.05) is 11.6 Å². The van der Waals surface area contributed by atoms with Crippen LogP contribution in [0.15, 0.2) is 6.20 Å². The molecule has 0 spiro atoms. The highest BCUT2D eigenvalue weighted by Gasteiger charge is 2.43. The van der Waals surface area contributed by atoms with Gasteiger partial charge in [-0.25, -0.2) is 0 Å². The molecule has 2 saturated heterocycles.